The van der Waals surface area contributed by atoms with Crippen LogP contribution in [0.2, 0.25) is 5.02 Å². The van der Waals surface area contributed by atoms with Gasteiger partial charge in [0, 0.05) is 41.8 Å². The van der Waals surface area contributed by atoms with E-state index in [0.717, 1.165) is 13.1 Å². The minimum absolute atomic E-state index is 0.0403. The van der Waals surface area contributed by atoms with Crippen molar-refractivity contribution in [2.75, 3.05) is 13.1 Å². The Morgan fingerprint density at radius 3 is 2.89 bits per heavy atom. The van der Waals surface area contributed by atoms with E-state index >= 15 is 0 Å². The van der Waals surface area contributed by atoms with Gasteiger partial charge in [-0.1, -0.05) is 17.7 Å². The molecule has 1 atom stereocenters. The Morgan fingerprint density at radius 2 is 2.22 bits per heavy atom. The lowest BCUT2D eigenvalue weighted by Crippen LogP contribution is -2.60. The highest BCUT2D eigenvalue weighted by Crippen LogP contribution is 2.23. The fourth-order valence-corrected chi connectivity index (χ4v) is 2.47. The number of hydrogen-bond donors (Lipinski definition) is 1. The number of hydrogen-bond acceptors (Lipinski definition) is 2. The molecular weight excluding hydrogens is 251 g/mol. The molecule has 0 saturated carbocycles. The van der Waals surface area contributed by atoms with Crippen LogP contribution in [0, 0.1) is 5.82 Å². The van der Waals surface area contributed by atoms with Gasteiger partial charge in [0.25, 0.3) is 0 Å². The zero-order valence-electron chi connectivity index (χ0n) is 11.1. The first-order valence-corrected chi connectivity index (χ1v) is 6.68. The maximum absolute atomic E-state index is 13.8. The first kappa shape index (κ1) is 13.8. The zero-order valence-corrected chi connectivity index (χ0v) is 11.9. The third-order valence-electron chi connectivity index (χ3n) is 3.61. The molecule has 4 heteroatoms. The summed E-state index contributed by atoms with van der Waals surface area (Å²) in [5.41, 5.74) is 0.750. The second-order valence-corrected chi connectivity index (χ2v) is 6.15. The van der Waals surface area contributed by atoms with Crippen molar-refractivity contribution >= 4 is 11.6 Å². The summed E-state index contributed by atoms with van der Waals surface area (Å²) < 4.78 is 13.8. The van der Waals surface area contributed by atoms with Crippen molar-refractivity contribution in [3.63, 3.8) is 0 Å². The van der Waals surface area contributed by atoms with E-state index in [4.69, 9.17) is 11.6 Å². The highest BCUT2D eigenvalue weighted by molar-refractivity contribution is 6.30. The Bertz CT molecular complexity index is 434. The first-order valence-electron chi connectivity index (χ1n) is 6.31. The van der Waals surface area contributed by atoms with Crippen molar-refractivity contribution < 1.29 is 4.39 Å². The van der Waals surface area contributed by atoms with Gasteiger partial charge in [-0.15, -0.1) is 0 Å². The number of nitrogens with one attached hydrogen (secondary N) is 1. The van der Waals surface area contributed by atoms with Crippen LogP contribution in [0.5, 0.6) is 0 Å². The average molecular weight is 271 g/mol. The second-order valence-electron chi connectivity index (χ2n) is 5.71. The summed E-state index contributed by atoms with van der Waals surface area (Å²) in [6.07, 6.45) is 0. The third-order valence-corrected chi connectivity index (χ3v) is 3.84. The summed E-state index contributed by atoms with van der Waals surface area (Å²) >= 11 is 5.78. The molecule has 0 amide bonds. The summed E-state index contributed by atoms with van der Waals surface area (Å²) in [6, 6.07) is 5.35. The monoisotopic (exact) mass is 270 g/mol. The summed E-state index contributed by atoms with van der Waals surface area (Å²) in [5, 5.41) is 3.90. The van der Waals surface area contributed by atoms with Crippen LogP contribution in [0.3, 0.4) is 0 Å². The number of piperazine rings is 1. The van der Waals surface area contributed by atoms with Gasteiger partial charge in [0.15, 0.2) is 0 Å². The minimum Gasteiger partial charge on any atom is -0.311 e. The lowest BCUT2D eigenvalue weighted by atomic mass is 9.97. The second kappa shape index (κ2) is 5.16. The molecule has 0 bridgehead atoms. The van der Waals surface area contributed by atoms with Crippen molar-refractivity contribution in [1.29, 1.82) is 0 Å². The SMILES string of the molecule is CC1CN(Cc2ccc(Cl)cc2F)C(C)(C)CN1. The fraction of sp³-hybridized carbons (Fsp3) is 0.571. The van der Waals surface area contributed by atoms with Crippen LogP contribution >= 0.6 is 11.6 Å². The van der Waals surface area contributed by atoms with E-state index in [2.05, 4.69) is 31.0 Å². The molecule has 0 aromatic heterocycles. The van der Waals surface area contributed by atoms with Gasteiger partial charge in [-0.25, -0.2) is 4.39 Å². The lowest BCUT2D eigenvalue weighted by Gasteiger charge is -2.45. The smallest absolute Gasteiger partial charge is 0.129 e. The van der Waals surface area contributed by atoms with Gasteiger partial charge >= 0.3 is 0 Å². The lowest BCUT2D eigenvalue weighted by molar-refractivity contribution is 0.0616. The fourth-order valence-electron chi connectivity index (χ4n) is 2.31. The maximum Gasteiger partial charge on any atom is 0.129 e. The van der Waals surface area contributed by atoms with Crippen molar-refractivity contribution in [3.05, 3.63) is 34.6 Å². The van der Waals surface area contributed by atoms with E-state index in [1.54, 1.807) is 12.1 Å². The van der Waals surface area contributed by atoms with Crippen molar-refractivity contribution in [1.82, 2.24) is 10.2 Å². The summed E-state index contributed by atoms with van der Waals surface area (Å²) in [6.45, 7) is 8.99. The Labute approximate surface area is 113 Å². The molecule has 1 aromatic rings. The largest absolute Gasteiger partial charge is 0.311 e. The Kier molecular flexibility index (Phi) is 3.95. The van der Waals surface area contributed by atoms with Crippen LogP contribution in [0.4, 0.5) is 4.39 Å². The quantitative estimate of drug-likeness (QED) is 0.889. The summed E-state index contributed by atoms with van der Waals surface area (Å²) in [5.74, 6) is -0.218. The van der Waals surface area contributed by atoms with E-state index in [-0.39, 0.29) is 11.4 Å². The normalized spacial score (nSPS) is 24.2. The molecule has 1 fully saturated rings. The number of benzene rings is 1. The van der Waals surface area contributed by atoms with E-state index in [9.17, 15) is 4.39 Å². The molecular formula is C14H20ClFN2. The molecule has 1 aliphatic heterocycles. The minimum atomic E-state index is -0.218. The molecule has 1 aromatic carbocycles. The van der Waals surface area contributed by atoms with Crippen LogP contribution in [-0.4, -0.2) is 29.6 Å². The van der Waals surface area contributed by atoms with Gasteiger partial charge in [-0.2, -0.15) is 0 Å². The molecule has 1 heterocycles. The Morgan fingerprint density at radius 1 is 1.50 bits per heavy atom. The molecule has 2 rings (SSSR count). The highest BCUT2D eigenvalue weighted by Gasteiger charge is 2.32. The molecule has 1 aliphatic rings. The van der Waals surface area contributed by atoms with Gasteiger partial charge in [-0.05, 0) is 32.9 Å². The van der Waals surface area contributed by atoms with Crippen molar-refractivity contribution in [2.45, 2.75) is 38.9 Å². The van der Waals surface area contributed by atoms with E-state index in [0.29, 0.717) is 23.2 Å². The van der Waals surface area contributed by atoms with Crippen LogP contribution in [0.25, 0.3) is 0 Å². The molecule has 18 heavy (non-hydrogen) atoms. The van der Waals surface area contributed by atoms with Crippen LogP contribution < -0.4 is 5.32 Å². The van der Waals surface area contributed by atoms with Gasteiger partial charge in [0.05, 0.1) is 0 Å². The predicted molar refractivity (Wildman–Crippen MR) is 73.4 cm³/mol. The number of halogens is 2. The molecule has 2 nitrogen and oxygen atoms in total. The summed E-state index contributed by atoms with van der Waals surface area (Å²) in [7, 11) is 0. The average Bonchev–Trinajstić information content (AvgIpc) is 2.27. The molecule has 1 unspecified atom stereocenters. The zero-order chi connectivity index (χ0) is 13.3. The van der Waals surface area contributed by atoms with Gasteiger partial charge in [0.2, 0.25) is 0 Å². The number of nitrogens with zero attached hydrogens (tertiary/aromatic N) is 1. The van der Waals surface area contributed by atoms with Gasteiger partial charge in [0.1, 0.15) is 5.82 Å². The van der Waals surface area contributed by atoms with E-state index in [1.807, 2.05) is 0 Å². The number of rotatable bonds is 2. The molecule has 100 valence electrons. The maximum atomic E-state index is 13.8. The molecule has 0 spiro atoms. The van der Waals surface area contributed by atoms with Crippen molar-refractivity contribution in [3.8, 4) is 0 Å². The van der Waals surface area contributed by atoms with Crippen LogP contribution in [0.1, 0.15) is 26.3 Å². The Balaban J connectivity index is 2.16. The Hall–Kier alpha value is -0.640. The van der Waals surface area contributed by atoms with E-state index < -0.39 is 0 Å². The predicted octanol–water partition coefficient (Wildman–Crippen LogP) is 3.05. The summed E-state index contributed by atoms with van der Waals surface area (Å²) in [4.78, 5) is 2.32. The molecule has 0 aliphatic carbocycles. The highest BCUT2D eigenvalue weighted by atomic mass is 35.5. The third kappa shape index (κ3) is 3.02. The van der Waals surface area contributed by atoms with Crippen molar-refractivity contribution in [2.24, 2.45) is 0 Å². The first-order chi connectivity index (χ1) is 8.38. The van der Waals surface area contributed by atoms with Crippen LogP contribution in [-0.2, 0) is 6.54 Å². The van der Waals surface area contributed by atoms with E-state index in [1.165, 1.54) is 6.07 Å². The van der Waals surface area contributed by atoms with Crippen LogP contribution in [0.15, 0.2) is 18.2 Å². The van der Waals surface area contributed by atoms with Gasteiger partial charge in [-0.3, -0.25) is 4.90 Å². The van der Waals surface area contributed by atoms with Gasteiger partial charge < -0.3 is 5.32 Å². The topological polar surface area (TPSA) is 15.3 Å². The molecule has 1 saturated heterocycles. The molecule has 0 radical (unpaired) electrons. The molecule has 1 N–H and O–H groups in total. The standard InChI is InChI=1S/C14H20ClFN2/c1-10-7-18(14(2,3)9-17-10)8-11-4-5-12(15)6-13(11)16/h4-6,10,17H,7-9H2,1-3H3.